The van der Waals surface area contributed by atoms with Gasteiger partial charge < -0.3 is 20.6 Å². The molecule has 24 heavy (non-hydrogen) atoms. The van der Waals surface area contributed by atoms with Crippen molar-refractivity contribution in [1.82, 2.24) is 15.0 Å². The van der Waals surface area contributed by atoms with E-state index >= 15 is 0 Å². The Morgan fingerprint density at radius 2 is 2.25 bits per heavy atom. The molecule has 0 aliphatic heterocycles. The number of nitrogens with one attached hydrogen (secondary N) is 3. The number of pyridine rings is 1. The molecule has 0 amide bonds. The van der Waals surface area contributed by atoms with Gasteiger partial charge in [0.1, 0.15) is 5.75 Å². The van der Waals surface area contributed by atoms with Gasteiger partial charge in [-0.05, 0) is 24.3 Å². The molecule has 0 saturated heterocycles. The van der Waals surface area contributed by atoms with Crippen LogP contribution in [0.25, 0.3) is 10.9 Å². The zero-order valence-corrected chi connectivity index (χ0v) is 12.6. The van der Waals surface area contributed by atoms with E-state index in [1.54, 1.807) is 24.3 Å². The van der Waals surface area contributed by atoms with E-state index in [0.717, 1.165) is 0 Å². The number of fused-ring (bicyclic) bond motifs is 1. The van der Waals surface area contributed by atoms with Crippen molar-refractivity contribution in [2.24, 2.45) is 0 Å². The van der Waals surface area contributed by atoms with Crippen LogP contribution >= 0.6 is 0 Å². The van der Waals surface area contributed by atoms with Crippen LogP contribution in [0.1, 0.15) is 5.56 Å². The number of aliphatic hydroxyl groups is 1. The summed E-state index contributed by atoms with van der Waals surface area (Å²) in [4.78, 5) is 22.7. The first kappa shape index (κ1) is 15.6. The van der Waals surface area contributed by atoms with Gasteiger partial charge >= 0.3 is 6.01 Å². The predicted octanol–water partition coefficient (Wildman–Crippen LogP) is 1.51. The van der Waals surface area contributed by atoms with Crippen LogP contribution in [0.5, 0.6) is 11.8 Å². The smallest absolute Gasteiger partial charge is 0.302 e. The van der Waals surface area contributed by atoms with Crippen molar-refractivity contribution in [3.63, 3.8) is 0 Å². The summed E-state index contributed by atoms with van der Waals surface area (Å²) < 4.78 is 5.59. The summed E-state index contributed by atoms with van der Waals surface area (Å²) in [6.45, 7) is 0.375. The Morgan fingerprint density at radius 3 is 3.04 bits per heavy atom. The van der Waals surface area contributed by atoms with Crippen LogP contribution in [0.15, 0.2) is 41.5 Å². The van der Waals surface area contributed by atoms with Gasteiger partial charge in [-0.1, -0.05) is 0 Å². The summed E-state index contributed by atoms with van der Waals surface area (Å²) in [6, 6.07) is 6.68. The van der Waals surface area contributed by atoms with E-state index in [9.17, 15) is 4.79 Å². The van der Waals surface area contributed by atoms with Crippen LogP contribution in [0.3, 0.4) is 0 Å². The van der Waals surface area contributed by atoms with E-state index in [1.807, 2.05) is 0 Å². The fourth-order valence-corrected chi connectivity index (χ4v) is 2.20. The van der Waals surface area contributed by atoms with E-state index in [0.29, 0.717) is 34.4 Å². The zero-order valence-electron chi connectivity index (χ0n) is 12.6. The largest absolute Gasteiger partial charge is 0.426 e. The van der Waals surface area contributed by atoms with Crippen molar-refractivity contribution in [1.29, 1.82) is 5.41 Å². The molecule has 0 saturated carbocycles. The Morgan fingerprint density at radius 1 is 1.38 bits per heavy atom. The van der Waals surface area contributed by atoms with Gasteiger partial charge in [0.15, 0.2) is 0 Å². The fourth-order valence-electron chi connectivity index (χ4n) is 2.20. The number of hydrogen-bond acceptors (Lipinski definition) is 7. The highest BCUT2D eigenvalue weighted by atomic mass is 16.5. The summed E-state index contributed by atoms with van der Waals surface area (Å²) in [5.74, 6) is 0.425. The van der Waals surface area contributed by atoms with Crippen molar-refractivity contribution < 1.29 is 9.84 Å². The third-order valence-electron chi connectivity index (χ3n) is 3.31. The molecule has 1 aromatic carbocycles. The molecule has 8 nitrogen and oxygen atoms in total. The molecule has 8 heteroatoms. The Kier molecular flexibility index (Phi) is 4.48. The normalized spacial score (nSPS) is 10.5. The average Bonchev–Trinajstić information content (AvgIpc) is 2.60. The number of anilines is 1. The molecule has 0 atom stereocenters. The highest BCUT2D eigenvalue weighted by Crippen LogP contribution is 2.24. The van der Waals surface area contributed by atoms with E-state index < -0.39 is 0 Å². The van der Waals surface area contributed by atoms with Crippen LogP contribution in [0.2, 0.25) is 0 Å². The Labute approximate surface area is 136 Å². The Bertz CT molecular complexity index is 938. The molecule has 0 unspecified atom stereocenters. The zero-order chi connectivity index (χ0) is 16.9. The average molecular weight is 325 g/mol. The summed E-state index contributed by atoms with van der Waals surface area (Å²) in [5, 5.41) is 19.8. The lowest BCUT2D eigenvalue weighted by molar-refractivity contribution is 0.311. The second-order valence-corrected chi connectivity index (χ2v) is 4.91. The number of aromatic nitrogens is 3. The first-order chi connectivity index (χ1) is 11.7. The lowest BCUT2D eigenvalue weighted by Gasteiger charge is -2.10. The Hall–Kier alpha value is -3.26. The molecule has 122 valence electrons. The number of hydrogen-bond donors (Lipinski definition) is 4. The van der Waals surface area contributed by atoms with E-state index in [4.69, 9.17) is 15.3 Å². The minimum Gasteiger partial charge on any atom is -0.426 e. The maximum Gasteiger partial charge on any atom is 0.302 e. The number of H-pyrrole nitrogens is 1. The van der Waals surface area contributed by atoms with Gasteiger partial charge in [0.2, 0.25) is 0 Å². The van der Waals surface area contributed by atoms with Gasteiger partial charge in [-0.15, -0.1) is 0 Å². The summed E-state index contributed by atoms with van der Waals surface area (Å²) >= 11 is 0. The SMILES string of the molecule is N=Cc1cc(Oc2nc3cnccc3c(=O)[nH]2)ccc1NCCO. The molecule has 0 fully saturated rings. The fraction of sp³-hybridized carbons (Fsp3) is 0.125. The lowest BCUT2D eigenvalue weighted by Crippen LogP contribution is -2.10. The third-order valence-corrected chi connectivity index (χ3v) is 3.31. The standard InChI is InChI=1S/C16H15N5O3/c17-8-10-7-11(1-2-13(10)19-5-6-22)24-16-20-14-9-18-4-3-12(14)15(23)21-16/h1-4,7-9,17,19,22H,5-6H2,(H,20,21,23). The minimum absolute atomic E-state index is 0.00796. The summed E-state index contributed by atoms with van der Waals surface area (Å²) in [7, 11) is 0. The van der Waals surface area contributed by atoms with Crippen LogP contribution in [-0.2, 0) is 0 Å². The molecule has 0 spiro atoms. The quantitative estimate of drug-likeness (QED) is 0.509. The van der Waals surface area contributed by atoms with Gasteiger partial charge in [0.25, 0.3) is 5.56 Å². The number of rotatable bonds is 6. The summed E-state index contributed by atoms with van der Waals surface area (Å²) in [6.07, 6.45) is 4.18. The topological polar surface area (TPSA) is 124 Å². The highest BCUT2D eigenvalue weighted by Gasteiger charge is 2.07. The van der Waals surface area contributed by atoms with Crippen LogP contribution in [0.4, 0.5) is 5.69 Å². The van der Waals surface area contributed by atoms with Gasteiger partial charge in [-0.3, -0.25) is 14.8 Å². The molecule has 0 radical (unpaired) electrons. The first-order valence-corrected chi connectivity index (χ1v) is 7.22. The minimum atomic E-state index is -0.314. The van der Waals surface area contributed by atoms with Gasteiger partial charge in [-0.25, -0.2) is 0 Å². The third kappa shape index (κ3) is 3.23. The van der Waals surface area contributed by atoms with Gasteiger partial charge in [0.05, 0.1) is 23.7 Å². The van der Waals surface area contributed by atoms with Crippen LogP contribution < -0.4 is 15.6 Å². The lowest BCUT2D eigenvalue weighted by atomic mass is 10.2. The van der Waals surface area contributed by atoms with Crippen molar-refractivity contribution in [3.05, 3.63) is 52.6 Å². The molecule has 0 bridgehead atoms. The molecule has 2 heterocycles. The second-order valence-electron chi connectivity index (χ2n) is 4.91. The maximum absolute atomic E-state index is 12.0. The van der Waals surface area contributed by atoms with Gasteiger partial charge in [0, 0.05) is 30.2 Å². The molecule has 4 N–H and O–H groups in total. The number of benzene rings is 1. The number of aromatic amines is 1. The van der Waals surface area contributed by atoms with E-state index in [1.165, 1.54) is 18.6 Å². The van der Waals surface area contributed by atoms with Crippen molar-refractivity contribution in [3.8, 4) is 11.8 Å². The van der Waals surface area contributed by atoms with Crippen LogP contribution in [-0.4, -0.2) is 39.4 Å². The number of nitrogens with zero attached hydrogens (tertiary/aromatic N) is 2. The second kappa shape index (κ2) is 6.88. The maximum atomic E-state index is 12.0. The summed E-state index contributed by atoms with van der Waals surface area (Å²) in [5.41, 5.74) is 1.41. The van der Waals surface area contributed by atoms with Crippen LogP contribution in [0, 0.1) is 5.41 Å². The van der Waals surface area contributed by atoms with Crippen molar-refractivity contribution >= 4 is 22.8 Å². The number of ether oxygens (including phenoxy) is 1. The molecule has 0 aliphatic carbocycles. The molecular formula is C16H15N5O3. The number of aliphatic hydroxyl groups excluding tert-OH is 1. The molecule has 3 rings (SSSR count). The molecular weight excluding hydrogens is 310 g/mol. The molecule has 3 aromatic rings. The van der Waals surface area contributed by atoms with Crippen molar-refractivity contribution in [2.45, 2.75) is 0 Å². The van der Waals surface area contributed by atoms with E-state index in [-0.39, 0.29) is 18.2 Å². The van der Waals surface area contributed by atoms with E-state index in [2.05, 4.69) is 20.3 Å². The first-order valence-electron chi connectivity index (χ1n) is 7.22. The monoisotopic (exact) mass is 325 g/mol. The molecule has 2 aromatic heterocycles. The Balaban J connectivity index is 1.91. The predicted molar refractivity (Wildman–Crippen MR) is 90.1 cm³/mol. The highest BCUT2D eigenvalue weighted by molar-refractivity contribution is 5.86. The molecule has 0 aliphatic rings. The van der Waals surface area contributed by atoms with Gasteiger partial charge in [-0.2, -0.15) is 4.98 Å². The van der Waals surface area contributed by atoms with Crippen molar-refractivity contribution in [2.75, 3.05) is 18.5 Å².